The molecule has 4 heterocycles. The monoisotopic (exact) mass is 354 g/mol. The van der Waals surface area contributed by atoms with Crippen LogP contribution in [0.15, 0.2) is 30.9 Å². The van der Waals surface area contributed by atoms with Crippen LogP contribution in [0.4, 0.5) is 5.69 Å². The minimum absolute atomic E-state index is 0.129. The third-order valence-corrected chi connectivity index (χ3v) is 5.44. The Balaban J connectivity index is 1.58. The normalized spacial score (nSPS) is 19.0. The maximum absolute atomic E-state index is 12.4. The number of piperidine rings is 1. The van der Waals surface area contributed by atoms with Crippen molar-refractivity contribution in [3.05, 3.63) is 36.4 Å². The first-order valence-corrected chi connectivity index (χ1v) is 9.37. The zero-order valence-corrected chi connectivity index (χ0v) is 15.0. The van der Waals surface area contributed by atoms with Crippen molar-refractivity contribution in [1.82, 2.24) is 20.2 Å². The minimum atomic E-state index is -0.129. The largest absolute Gasteiger partial charge is 0.346 e. The van der Waals surface area contributed by atoms with Gasteiger partial charge in [0.05, 0.1) is 11.3 Å². The number of nitrogens with zero attached hydrogens (tertiary/aromatic N) is 3. The number of nitrogens with two attached hydrogens (primary N) is 1. The fraction of sp³-hybridized carbons (Fsp3) is 0.474. The van der Waals surface area contributed by atoms with Gasteiger partial charge in [0, 0.05) is 36.9 Å². The fourth-order valence-corrected chi connectivity index (χ4v) is 4.10. The lowest BCUT2D eigenvalue weighted by molar-refractivity contribution is 0.0958. The second kappa shape index (κ2) is 7.09. The number of carbonyl (C=O) groups is 1. The fourth-order valence-electron chi connectivity index (χ4n) is 4.10. The Kier molecular flexibility index (Phi) is 4.65. The van der Waals surface area contributed by atoms with Gasteiger partial charge in [0.2, 0.25) is 0 Å². The van der Waals surface area contributed by atoms with Crippen molar-refractivity contribution < 1.29 is 4.79 Å². The van der Waals surface area contributed by atoms with Crippen molar-refractivity contribution >= 4 is 22.6 Å². The van der Waals surface area contributed by atoms with Crippen LogP contribution >= 0.6 is 0 Å². The van der Waals surface area contributed by atoms with E-state index in [1.165, 1.54) is 0 Å². The van der Waals surface area contributed by atoms with Gasteiger partial charge in [0.25, 0.3) is 5.91 Å². The first-order chi connectivity index (χ1) is 12.7. The Morgan fingerprint density at radius 1 is 1.31 bits per heavy atom. The highest BCUT2D eigenvalue weighted by atomic mass is 16.2. The number of nitrogens with one attached hydrogen (secondary N) is 2. The van der Waals surface area contributed by atoms with E-state index in [9.17, 15) is 4.79 Å². The molecule has 0 spiro atoms. The van der Waals surface area contributed by atoms with Crippen molar-refractivity contribution in [3.8, 4) is 0 Å². The highest BCUT2D eigenvalue weighted by Gasteiger charge is 2.34. The van der Waals surface area contributed by atoms with Crippen LogP contribution < -0.4 is 16.0 Å². The molecule has 2 aliphatic heterocycles. The van der Waals surface area contributed by atoms with Crippen molar-refractivity contribution in [2.75, 3.05) is 31.1 Å². The molecule has 0 saturated carbocycles. The molecule has 0 atom stereocenters. The van der Waals surface area contributed by atoms with Gasteiger partial charge >= 0.3 is 0 Å². The Morgan fingerprint density at radius 2 is 2.12 bits per heavy atom. The van der Waals surface area contributed by atoms with Gasteiger partial charge in [-0.2, -0.15) is 0 Å². The van der Waals surface area contributed by atoms with E-state index in [2.05, 4.69) is 31.7 Å². The number of amides is 1. The van der Waals surface area contributed by atoms with Crippen molar-refractivity contribution in [2.24, 2.45) is 5.73 Å². The lowest BCUT2D eigenvalue weighted by Gasteiger charge is -2.43. The molecule has 0 aliphatic carbocycles. The van der Waals surface area contributed by atoms with E-state index in [0.29, 0.717) is 17.4 Å². The first-order valence-electron chi connectivity index (χ1n) is 9.37. The number of rotatable bonds is 5. The molecule has 0 bridgehead atoms. The maximum atomic E-state index is 12.4. The van der Waals surface area contributed by atoms with Crippen LogP contribution in [0.2, 0.25) is 0 Å². The molecule has 2 aromatic heterocycles. The summed E-state index contributed by atoms with van der Waals surface area (Å²) in [5.41, 5.74) is 7.95. The molecular formula is C19H26N6O. The van der Waals surface area contributed by atoms with Crippen molar-refractivity contribution in [3.63, 3.8) is 0 Å². The van der Waals surface area contributed by atoms with Crippen LogP contribution in [0.3, 0.4) is 0 Å². The molecule has 4 N–H and O–H groups in total. The quantitative estimate of drug-likeness (QED) is 0.712. The first kappa shape index (κ1) is 17.1. The number of aromatic amines is 1. The molecule has 0 aromatic carbocycles. The number of unbranched alkanes of at least 4 members (excludes halogenated alkanes) is 1. The Hall–Kier alpha value is -2.38. The number of anilines is 1. The number of likely N-dealkylation sites (tertiary alicyclic amines) is 1. The summed E-state index contributed by atoms with van der Waals surface area (Å²) in [5.74, 6) is 0.536. The van der Waals surface area contributed by atoms with E-state index in [-0.39, 0.29) is 5.91 Å². The van der Waals surface area contributed by atoms with Gasteiger partial charge in [-0.15, -0.1) is 0 Å². The average Bonchev–Trinajstić information content (AvgIpc) is 3.12. The standard InChI is InChI=1S/C19H26N6O/c1-13-23-19(26)16-12-22-18-15(4-8-21-18)17(16)25(13)14-5-10-24(11-6-14)9-3-2-7-20/h4,8,12,14H,1-3,5-7,9-11,20H2,(H,21,22)(H,23,26). The van der Waals surface area contributed by atoms with E-state index < -0.39 is 0 Å². The van der Waals surface area contributed by atoms with Crippen LogP contribution in [0, 0.1) is 0 Å². The Morgan fingerprint density at radius 3 is 2.88 bits per heavy atom. The second-order valence-electron chi connectivity index (χ2n) is 7.10. The summed E-state index contributed by atoms with van der Waals surface area (Å²) in [4.78, 5) is 24.7. The summed E-state index contributed by atoms with van der Waals surface area (Å²) >= 11 is 0. The molecule has 1 amide bonds. The van der Waals surface area contributed by atoms with E-state index in [1.807, 2.05) is 12.3 Å². The third kappa shape index (κ3) is 2.97. The molecule has 0 unspecified atom stereocenters. The third-order valence-electron chi connectivity index (χ3n) is 5.44. The van der Waals surface area contributed by atoms with Crippen LogP contribution in [-0.4, -0.2) is 53.0 Å². The van der Waals surface area contributed by atoms with E-state index >= 15 is 0 Å². The predicted octanol–water partition coefficient (Wildman–Crippen LogP) is 1.79. The number of hydrogen-bond acceptors (Lipinski definition) is 5. The number of pyridine rings is 1. The molecule has 2 aliphatic rings. The van der Waals surface area contributed by atoms with Crippen LogP contribution in [0.25, 0.3) is 11.0 Å². The minimum Gasteiger partial charge on any atom is -0.346 e. The Bertz CT molecular complexity index is 821. The summed E-state index contributed by atoms with van der Waals surface area (Å²) in [7, 11) is 0. The molecule has 1 saturated heterocycles. The maximum Gasteiger partial charge on any atom is 0.260 e. The zero-order chi connectivity index (χ0) is 18.1. The van der Waals surface area contributed by atoms with Crippen LogP contribution in [-0.2, 0) is 0 Å². The molecule has 138 valence electrons. The van der Waals surface area contributed by atoms with Gasteiger partial charge in [0.1, 0.15) is 11.5 Å². The van der Waals surface area contributed by atoms with Crippen LogP contribution in [0.1, 0.15) is 36.0 Å². The molecule has 1 fully saturated rings. The summed E-state index contributed by atoms with van der Waals surface area (Å²) in [6.07, 6.45) is 7.86. The second-order valence-corrected chi connectivity index (χ2v) is 7.10. The molecule has 7 nitrogen and oxygen atoms in total. The van der Waals surface area contributed by atoms with Gasteiger partial charge in [0.15, 0.2) is 0 Å². The number of hydrogen-bond donors (Lipinski definition) is 3. The van der Waals surface area contributed by atoms with Crippen molar-refractivity contribution in [1.29, 1.82) is 0 Å². The molecule has 0 radical (unpaired) electrons. The lowest BCUT2D eigenvalue weighted by atomic mass is 9.98. The summed E-state index contributed by atoms with van der Waals surface area (Å²) in [6.45, 7) is 8.13. The average molecular weight is 354 g/mol. The number of aromatic nitrogens is 2. The summed E-state index contributed by atoms with van der Waals surface area (Å²) in [5, 5.41) is 3.88. The smallest absolute Gasteiger partial charge is 0.260 e. The zero-order valence-electron chi connectivity index (χ0n) is 15.0. The highest BCUT2D eigenvalue weighted by molar-refractivity contribution is 6.10. The number of fused-ring (bicyclic) bond motifs is 3. The predicted molar refractivity (Wildman–Crippen MR) is 103 cm³/mol. The lowest BCUT2D eigenvalue weighted by Crippen LogP contribution is -2.50. The number of carbonyl (C=O) groups excluding carboxylic acids is 1. The molecular weight excluding hydrogens is 328 g/mol. The molecule has 26 heavy (non-hydrogen) atoms. The molecule has 2 aromatic rings. The van der Waals surface area contributed by atoms with Gasteiger partial charge in [-0.05, 0) is 44.8 Å². The summed E-state index contributed by atoms with van der Waals surface area (Å²) in [6, 6.07) is 2.32. The SMILES string of the molecule is C=C1NC(=O)c2cnc3[nH]ccc3c2N1C1CCN(CCCCN)CC1. The van der Waals surface area contributed by atoms with Gasteiger partial charge < -0.3 is 25.8 Å². The molecule has 4 rings (SSSR count). The van der Waals surface area contributed by atoms with Gasteiger partial charge in [-0.25, -0.2) is 4.98 Å². The van der Waals surface area contributed by atoms with E-state index in [1.54, 1.807) is 6.20 Å². The summed E-state index contributed by atoms with van der Waals surface area (Å²) < 4.78 is 0. The topological polar surface area (TPSA) is 90.3 Å². The van der Waals surface area contributed by atoms with Gasteiger partial charge in [-0.1, -0.05) is 6.58 Å². The highest BCUT2D eigenvalue weighted by Crippen LogP contribution is 2.37. The molecule has 7 heteroatoms. The van der Waals surface area contributed by atoms with Crippen LogP contribution in [0.5, 0.6) is 0 Å². The van der Waals surface area contributed by atoms with E-state index in [4.69, 9.17) is 5.73 Å². The number of H-pyrrole nitrogens is 1. The van der Waals surface area contributed by atoms with Gasteiger partial charge in [-0.3, -0.25) is 4.79 Å². The Labute approximate surface area is 153 Å². The van der Waals surface area contributed by atoms with E-state index in [0.717, 1.165) is 68.6 Å². The van der Waals surface area contributed by atoms with Crippen molar-refractivity contribution in [2.45, 2.75) is 31.7 Å².